The molecule has 1 amide bonds. The van der Waals surface area contributed by atoms with Crippen LogP contribution in [-0.2, 0) is 0 Å². The van der Waals surface area contributed by atoms with Crippen LogP contribution in [0.3, 0.4) is 0 Å². The van der Waals surface area contributed by atoms with E-state index < -0.39 is 4.92 Å². The molecule has 0 atom stereocenters. The number of nitro benzene ring substituents is 1. The van der Waals surface area contributed by atoms with Gasteiger partial charge in [0.05, 0.1) is 15.6 Å². The quantitative estimate of drug-likeness (QED) is 0.600. The molecule has 2 aromatic carbocycles. The van der Waals surface area contributed by atoms with Gasteiger partial charge in [0, 0.05) is 24.7 Å². The van der Waals surface area contributed by atoms with E-state index in [0.717, 1.165) is 5.56 Å². The minimum atomic E-state index is -0.467. The Bertz CT molecular complexity index is 787. The van der Waals surface area contributed by atoms with Crippen molar-refractivity contribution in [2.75, 3.05) is 23.3 Å². The van der Waals surface area contributed by atoms with Crippen molar-refractivity contribution in [3.8, 4) is 0 Å². The first-order chi connectivity index (χ1) is 11.9. The van der Waals surface area contributed by atoms with Gasteiger partial charge >= 0.3 is 0 Å². The van der Waals surface area contributed by atoms with Gasteiger partial charge in [0.25, 0.3) is 11.6 Å². The number of amides is 1. The first-order valence-electron chi connectivity index (χ1n) is 7.98. The number of benzene rings is 2. The smallest absolute Gasteiger partial charge is 0.294 e. The molecule has 25 heavy (non-hydrogen) atoms. The van der Waals surface area contributed by atoms with Crippen LogP contribution >= 0.6 is 11.6 Å². The lowest BCUT2D eigenvalue weighted by molar-refractivity contribution is -0.384. The Kier molecular flexibility index (Phi) is 5.98. The topological polar surface area (TPSA) is 75.5 Å². The van der Waals surface area contributed by atoms with Crippen LogP contribution in [0.4, 0.5) is 17.1 Å². The van der Waals surface area contributed by atoms with Gasteiger partial charge in [-0.1, -0.05) is 29.3 Å². The van der Waals surface area contributed by atoms with Crippen LogP contribution in [0.15, 0.2) is 36.4 Å². The molecule has 0 fully saturated rings. The van der Waals surface area contributed by atoms with E-state index in [1.165, 1.54) is 6.07 Å². The largest absolute Gasteiger partial charge is 0.366 e. The molecular weight excluding hydrogens is 342 g/mol. The summed E-state index contributed by atoms with van der Waals surface area (Å²) in [6.45, 7) is 6.96. The van der Waals surface area contributed by atoms with Gasteiger partial charge < -0.3 is 10.2 Å². The molecule has 6 nitrogen and oxygen atoms in total. The Morgan fingerprint density at radius 2 is 1.80 bits per heavy atom. The highest BCUT2D eigenvalue weighted by Gasteiger charge is 2.22. The average Bonchev–Trinajstić information content (AvgIpc) is 2.58. The summed E-state index contributed by atoms with van der Waals surface area (Å²) in [7, 11) is 0. The molecule has 0 spiro atoms. The number of halogens is 1. The van der Waals surface area contributed by atoms with E-state index in [1.54, 1.807) is 18.2 Å². The maximum Gasteiger partial charge on any atom is 0.294 e. The van der Waals surface area contributed by atoms with Gasteiger partial charge in [0.1, 0.15) is 5.69 Å². The van der Waals surface area contributed by atoms with E-state index in [9.17, 15) is 14.9 Å². The molecule has 132 valence electrons. The number of hydrogen-bond donors (Lipinski definition) is 1. The Morgan fingerprint density at radius 1 is 1.20 bits per heavy atom. The molecule has 2 aromatic rings. The normalized spacial score (nSPS) is 10.4. The minimum absolute atomic E-state index is 0.0814. The van der Waals surface area contributed by atoms with Gasteiger partial charge in [-0.15, -0.1) is 0 Å². The monoisotopic (exact) mass is 361 g/mol. The number of nitro groups is 1. The van der Waals surface area contributed by atoms with Crippen LogP contribution < -0.4 is 10.2 Å². The third-order valence-corrected chi connectivity index (χ3v) is 4.24. The maximum atomic E-state index is 12.4. The van der Waals surface area contributed by atoms with E-state index in [-0.39, 0.29) is 16.6 Å². The molecule has 0 saturated heterocycles. The number of nitrogens with zero attached hydrogens (tertiary/aromatic N) is 2. The summed E-state index contributed by atoms with van der Waals surface area (Å²) in [5.74, 6) is -0.318. The summed E-state index contributed by atoms with van der Waals surface area (Å²) in [5, 5.41) is 14.2. The van der Waals surface area contributed by atoms with E-state index in [2.05, 4.69) is 5.32 Å². The summed E-state index contributed by atoms with van der Waals surface area (Å²) >= 11 is 6.16. The molecule has 0 aromatic heterocycles. The molecule has 1 N–H and O–H groups in total. The third-order valence-electron chi connectivity index (χ3n) is 3.93. The lowest BCUT2D eigenvalue weighted by atomic mass is 10.1. The Balaban J connectivity index is 2.40. The maximum absolute atomic E-state index is 12.4. The number of carbonyl (C=O) groups is 1. The molecule has 0 saturated carbocycles. The Labute approximate surface area is 151 Å². The zero-order valence-corrected chi connectivity index (χ0v) is 15.1. The lowest BCUT2D eigenvalue weighted by Crippen LogP contribution is -2.23. The van der Waals surface area contributed by atoms with Crippen LogP contribution in [-0.4, -0.2) is 23.9 Å². The van der Waals surface area contributed by atoms with Crippen molar-refractivity contribution in [3.05, 3.63) is 62.7 Å². The highest BCUT2D eigenvalue weighted by atomic mass is 35.5. The number of carbonyl (C=O) groups excluding carboxylic acids is 1. The molecule has 0 heterocycles. The van der Waals surface area contributed by atoms with E-state index in [0.29, 0.717) is 30.0 Å². The SMILES string of the molecule is CCN(CC)c1cc(NC(=O)c2ccc(C)cc2)c(Cl)cc1[N+](=O)[O-]. The number of hydrogen-bond acceptors (Lipinski definition) is 4. The molecular formula is C18H20ClN3O3. The second-order valence-corrected chi connectivity index (χ2v) is 5.98. The van der Waals surface area contributed by atoms with Gasteiger partial charge in [-0.3, -0.25) is 14.9 Å². The Morgan fingerprint density at radius 3 is 2.32 bits per heavy atom. The lowest BCUT2D eigenvalue weighted by Gasteiger charge is -2.22. The summed E-state index contributed by atoms with van der Waals surface area (Å²) < 4.78 is 0. The first kappa shape index (κ1) is 18.7. The first-order valence-corrected chi connectivity index (χ1v) is 8.36. The van der Waals surface area contributed by atoms with Crippen LogP contribution in [0.2, 0.25) is 5.02 Å². The second kappa shape index (κ2) is 7.98. The van der Waals surface area contributed by atoms with Crippen LogP contribution in [0.1, 0.15) is 29.8 Å². The van der Waals surface area contributed by atoms with E-state index in [4.69, 9.17) is 11.6 Å². The highest BCUT2D eigenvalue weighted by molar-refractivity contribution is 6.34. The zero-order valence-electron chi connectivity index (χ0n) is 14.4. The molecule has 2 rings (SSSR count). The molecule has 0 aliphatic carbocycles. The molecule has 0 unspecified atom stereocenters. The van der Waals surface area contributed by atoms with Crippen molar-refractivity contribution >= 4 is 34.6 Å². The zero-order chi connectivity index (χ0) is 18.6. The van der Waals surface area contributed by atoms with E-state index >= 15 is 0 Å². The van der Waals surface area contributed by atoms with Crippen molar-refractivity contribution in [1.29, 1.82) is 0 Å². The third kappa shape index (κ3) is 4.28. The van der Waals surface area contributed by atoms with Crippen LogP contribution in [0.5, 0.6) is 0 Å². The van der Waals surface area contributed by atoms with Crippen LogP contribution in [0, 0.1) is 17.0 Å². The summed E-state index contributed by atoms with van der Waals surface area (Å²) in [4.78, 5) is 25.1. The summed E-state index contributed by atoms with van der Waals surface area (Å²) in [6.07, 6.45) is 0. The van der Waals surface area contributed by atoms with Gasteiger partial charge in [0.2, 0.25) is 0 Å². The van der Waals surface area contributed by atoms with Crippen molar-refractivity contribution in [2.45, 2.75) is 20.8 Å². The molecule has 0 bridgehead atoms. The summed E-state index contributed by atoms with van der Waals surface area (Å²) in [6, 6.07) is 9.95. The fourth-order valence-corrected chi connectivity index (χ4v) is 2.72. The molecule has 0 radical (unpaired) electrons. The number of anilines is 2. The van der Waals surface area contributed by atoms with Crippen molar-refractivity contribution in [2.24, 2.45) is 0 Å². The molecule has 7 heteroatoms. The number of aryl methyl sites for hydroxylation is 1. The fraction of sp³-hybridized carbons (Fsp3) is 0.278. The predicted octanol–water partition coefficient (Wildman–Crippen LogP) is 4.66. The van der Waals surface area contributed by atoms with Gasteiger partial charge in [-0.05, 0) is 39.0 Å². The van der Waals surface area contributed by atoms with Gasteiger partial charge in [-0.25, -0.2) is 0 Å². The minimum Gasteiger partial charge on any atom is -0.366 e. The predicted molar refractivity (Wildman–Crippen MR) is 101 cm³/mol. The second-order valence-electron chi connectivity index (χ2n) is 5.57. The summed E-state index contributed by atoms with van der Waals surface area (Å²) in [5.41, 5.74) is 2.23. The number of rotatable bonds is 6. The number of nitrogens with one attached hydrogen (secondary N) is 1. The fourth-order valence-electron chi connectivity index (χ4n) is 2.51. The molecule has 0 aliphatic rings. The van der Waals surface area contributed by atoms with Crippen molar-refractivity contribution in [3.63, 3.8) is 0 Å². The molecule has 0 aliphatic heterocycles. The standard InChI is InChI=1S/C18H20ClN3O3/c1-4-21(5-2)16-11-15(14(19)10-17(16)22(24)25)20-18(23)13-8-6-12(3)7-9-13/h6-11H,4-5H2,1-3H3,(H,20,23). The van der Waals surface area contributed by atoms with Crippen molar-refractivity contribution in [1.82, 2.24) is 0 Å². The average molecular weight is 362 g/mol. The van der Waals surface area contributed by atoms with E-state index in [1.807, 2.05) is 37.8 Å². The van der Waals surface area contributed by atoms with Crippen molar-refractivity contribution < 1.29 is 9.72 Å². The van der Waals surface area contributed by atoms with Crippen LogP contribution in [0.25, 0.3) is 0 Å². The Hall–Kier alpha value is -2.60. The van der Waals surface area contributed by atoms with Gasteiger partial charge in [0.15, 0.2) is 0 Å². The van der Waals surface area contributed by atoms with Gasteiger partial charge in [-0.2, -0.15) is 0 Å². The highest BCUT2D eigenvalue weighted by Crippen LogP contribution is 2.36.